The number of alkyl halides is 1. The van der Waals surface area contributed by atoms with Crippen LogP contribution < -0.4 is 0 Å². The minimum atomic E-state index is -1.10. The fourth-order valence-corrected chi connectivity index (χ4v) is 1.55. The maximum atomic E-state index is 13.3. The third kappa shape index (κ3) is 5.17. The van der Waals surface area contributed by atoms with E-state index < -0.39 is 12.1 Å². The molecule has 18 heavy (non-hydrogen) atoms. The number of carbonyl (C=O) groups is 1. The molecule has 1 aromatic carbocycles. The van der Waals surface area contributed by atoms with Gasteiger partial charge in [0.2, 0.25) is 0 Å². The van der Waals surface area contributed by atoms with Crippen LogP contribution in [0.3, 0.4) is 0 Å². The van der Waals surface area contributed by atoms with Gasteiger partial charge < -0.3 is 9.84 Å². The van der Waals surface area contributed by atoms with Crippen molar-refractivity contribution in [1.29, 1.82) is 0 Å². The molecular weight excluding hydrogens is 235 g/mol. The average Bonchev–Trinajstić information content (AvgIpc) is 2.37. The molecule has 0 aliphatic carbocycles. The first kappa shape index (κ1) is 14.5. The molecule has 3 nitrogen and oxygen atoms in total. The van der Waals surface area contributed by atoms with E-state index in [0.29, 0.717) is 12.0 Å². The molecule has 0 aliphatic rings. The van der Waals surface area contributed by atoms with E-state index in [1.165, 1.54) is 24.3 Å². The van der Waals surface area contributed by atoms with Crippen molar-refractivity contribution in [3.8, 4) is 5.75 Å². The molecule has 1 N–H and O–H groups in total. The summed E-state index contributed by atoms with van der Waals surface area (Å²) in [5, 5.41) is 9.06. The summed E-state index contributed by atoms with van der Waals surface area (Å²) in [6, 6.07) is 5.68. The number of phenolic OH excluding ortho intramolecular Hbond substituents is 1. The van der Waals surface area contributed by atoms with E-state index in [0.717, 1.165) is 19.3 Å². The largest absolute Gasteiger partial charge is 0.508 e. The number of halogens is 1. The first-order valence-corrected chi connectivity index (χ1v) is 6.23. The Bertz CT molecular complexity index is 362. The molecule has 0 bridgehead atoms. The molecule has 0 heterocycles. The van der Waals surface area contributed by atoms with Crippen molar-refractivity contribution < 1.29 is 19.0 Å². The molecule has 0 saturated heterocycles. The lowest BCUT2D eigenvalue weighted by Crippen LogP contribution is -2.15. The summed E-state index contributed by atoms with van der Waals surface area (Å²) in [4.78, 5) is 11.5. The Hall–Kier alpha value is -1.58. The van der Waals surface area contributed by atoms with Crippen LogP contribution >= 0.6 is 0 Å². The molecule has 0 aliphatic heterocycles. The standard InChI is InChI=1S/C14H19FO3/c1-2-3-4-5-12(15)10-18-14(17)11-6-8-13(16)9-7-11/h6-9,12,16H,2-5,10H2,1H3. The fourth-order valence-electron chi connectivity index (χ4n) is 1.55. The highest BCUT2D eigenvalue weighted by molar-refractivity contribution is 5.89. The molecular formula is C14H19FO3. The molecule has 0 spiro atoms. The number of esters is 1. The van der Waals surface area contributed by atoms with E-state index in [1.54, 1.807) is 0 Å². The highest BCUT2D eigenvalue weighted by Gasteiger charge is 2.11. The van der Waals surface area contributed by atoms with Gasteiger partial charge in [0.1, 0.15) is 18.5 Å². The maximum Gasteiger partial charge on any atom is 0.338 e. The number of rotatable bonds is 7. The van der Waals surface area contributed by atoms with Gasteiger partial charge in [0.15, 0.2) is 0 Å². The number of unbranched alkanes of at least 4 members (excludes halogenated alkanes) is 2. The number of hydrogen-bond donors (Lipinski definition) is 1. The number of ether oxygens (including phenoxy) is 1. The minimum absolute atomic E-state index is 0.0782. The zero-order valence-corrected chi connectivity index (χ0v) is 10.6. The van der Waals surface area contributed by atoms with Gasteiger partial charge in [-0.3, -0.25) is 0 Å². The summed E-state index contributed by atoms with van der Waals surface area (Å²) < 4.78 is 18.2. The fraction of sp³-hybridized carbons (Fsp3) is 0.500. The van der Waals surface area contributed by atoms with Crippen molar-refractivity contribution >= 4 is 5.97 Å². The third-order valence-corrected chi connectivity index (χ3v) is 2.62. The van der Waals surface area contributed by atoms with Gasteiger partial charge in [-0.15, -0.1) is 0 Å². The molecule has 1 unspecified atom stereocenters. The number of phenols is 1. The monoisotopic (exact) mass is 254 g/mol. The number of hydrogen-bond acceptors (Lipinski definition) is 3. The van der Waals surface area contributed by atoms with Crippen LogP contribution in [0.5, 0.6) is 5.75 Å². The van der Waals surface area contributed by atoms with E-state index in [9.17, 15) is 9.18 Å². The highest BCUT2D eigenvalue weighted by atomic mass is 19.1. The second kappa shape index (κ2) is 7.69. The summed E-state index contributed by atoms with van der Waals surface area (Å²) in [6.07, 6.45) is 2.18. The van der Waals surface area contributed by atoms with E-state index in [2.05, 4.69) is 6.92 Å². The molecule has 0 saturated carbocycles. The molecule has 0 aromatic heterocycles. The van der Waals surface area contributed by atoms with Gasteiger partial charge in [-0.05, 0) is 30.7 Å². The van der Waals surface area contributed by atoms with E-state index in [-0.39, 0.29) is 12.4 Å². The van der Waals surface area contributed by atoms with Crippen LogP contribution in [-0.4, -0.2) is 23.9 Å². The van der Waals surface area contributed by atoms with Crippen molar-refractivity contribution in [2.45, 2.75) is 38.8 Å². The summed E-state index contributed by atoms with van der Waals surface area (Å²) in [7, 11) is 0. The minimum Gasteiger partial charge on any atom is -0.508 e. The molecule has 100 valence electrons. The Morgan fingerprint density at radius 2 is 2.00 bits per heavy atom. The lowest BCUT2D eigenvalue weighted by molar-refractivity contribution is 0.0389. The van der Waals surface area contributed by atoms with Gasteiger partial charge in [-0.2, -0.15) is 0 Å². The molecule has 0 amide bonds. The Morgan fingerprint density at radius 3 is 2.61 bits per heavy atom. The lowest BCUT2D eigenvalue weighted by atomic mass is 10.1. The Labute approximate surface area is 107 Å². The van der Waals surface area contributed by atoms with E-state index in [1.807, 2.05) is 0 Å². The number of carbonyl (C=O) groups excluding carboxylic acids is 1. The third-order valence-electron chi connectivity index (χ3n) is 2.62. The second-order valence-electron chi connectivity index (χ2n) is 4.24. The van der Waals surface area contributed by atoms with Crippen LogP contribution in [0.4, 0.5) is 4.39 Å². The quantitative estimate of drug-likeness (QED) is 0.598. The van der Waals surface area contributed by atoms with Crippen LogP contribution in [0.1, 0.15) is 43.0 Å². The second-order valence-corrected chi connectivity index (χ2v) is 4.24. The summed E-state index contributed by atoms with van der Waals surface area (Å²) in [6.45, 7) is 1.85. The van der Waals surface area contributed by atoms with Crippen LogP contribution in [0.25, 0.3) is 0 Å². The lowest BCUT2D eigenvalue weighted by Gasteiger charge is -2.09. The number of benzene rings is 1. The summed E-state index contributed by atoms with van der Waals surface area (Å²) >= 11 is 0. The van der Waals surface area contributed by atoms with Crippen LogP contribution in [0.2, 0.25) is 0 Å². The molecule has 0 fully saturated rings. The van der Waals surface area contributed by atoms with Crippen LogP contribution in [0, 0.1) is 0 Å². The number of aromatic hydroxyl groups is 1. The topological polar surface area (TPSA) is 46.5 Å². The smallest absolute Gasteiger partial charge is 0.338 e. The van der Waals surface area contributed by atoms with E-state index in [4.69, 9.17) is 9.84 Å². The predicted molar refractivity (Wildman–Crippen MR) is 67.4 cm³/mol. The SMILES string of the molecule is CCCCCC(F)COC(=O)c1ccc(O)cc1. The van der Waals surface area contributed by atoms with Crippen LogP contribution in [-0.2, 0) is 4.74 Å². The zero-order chi connectivity index (χ0) is 13.4. The van der Waals surface area contributed by atoms with Gasteiger partial charge in [-0.1, -0.05) is 26.2 Å². The Balaban J connectivity index is 2.30. The zero-order valence-electron chi connectivity index (χ0n) is 10.6. The van der Waals surface area contributed by atoms with Gasteiger partial charge in [-0.25, -0.2) is 9.18 Å². The molecule has 0 radical (unpaired) electrons. The molecule has 4 heteroatoms. The van der Waals surface area contributed by atoms with Gasteiger partial charge in [0.25, 0.3) is 0 Å². The summed E-state index contributed by atoms with van der Waals surface area (Å²) in [5.74, 6) is -0.484. The van der Waals surface area contributed by atoms with Gasteiger partial charge in [0, 0.05) is 0 Å². The van der Waals surface area contributed by atoms with Crippen molar-refractivity contribution in [3.05, 3.63) is 29.8 Å². The van der Waals surface area contributed by atoms with Crippen molar-refractivity contribution in [3.63, 3.8) is 0 Å². The Kier molecular flexibility index (Phi) is 6.19. The first-order valence-electron chi connectivity index (χ1n) is 6.23. The Morgan fingerprint density at radius 1 is 1.33 bits per heavy atom. The first-order chi connectivity index (χ1) is 8.63. The normalized spacial score (nSPS) is 12.1. The van der Waals surface area contributed by atoms with Crippen molar-refractivity contribution in [2.24, 2.45) is 0 Å². The predicted octanol–water partition coefficient (Wildman–Crippen LogP) is 3.47. The molecule has 1 atom stereocenters. The highest BCUT2D eigenvalue weighted by Crippen LogP contribution is 2.12. The van der Waals surface area contributed by atoms with Crippen LogP contribution in [0.15, 0.2) is 24.3 Å². The van der Waals surface area contributed by atoms with Gasteiger partial charge >= 0.3 is 5.97 Å². The molecule has 1 aromatic rings. The maximum absolute atomic E-state index is 13.3. The van der Waals surface area contributed by atoms with Gasteiger partial charge in [0.05, 0.1) is 5.56 Å². The van der Waals surface area contributed by atoms with Crippen molar-refractivity contribution in [1.82, 2.24) is 0 Å². The van der Waals surface area contributed by atoms with E-state index >= 15 is 0 Å². The molecule has 1 rings (SSSR count). The average molecular weight is 254 g/mol. The van der Waals surface area contributed by atoms with Crippen molar-refractivity contribution in [2.75, 3.05) is 6.61 Å². The summed E-state index contributed by atoms with van der Waals surface area (Å²) in [5.41, 5.74) is 0.313.